The van der Waals surface area contributed by atoms with E-state index in [9.17, 15) is 4.80 Å². The Balaban J connectivity index is 2.39. The first-order valence-electron chi connectivity index (χ1n) is 4.53. The van der Waals surface area contributed by atoms with Gasteiger partial charge in [0.25, 0.3) is 0 Å². The molecule has 0 spiro atoms. The van der Waals surface area contributed by atoms with Gasteiger partial charge in [-0.05, 0) is 25.9 Å². The van der Waals surface area contributed by atoms with E-state index in [2.05, 4.69) is 22.6 Å². The molecule has 0 saturated heterocycles. The van der Waals surface area contributed by atoms with Crippen LogP contribution in [0.5, 0.6) is 0 Å². The zero-order valence-corrected chi connectivity index (χ0v) is 10.9. The van der Waals surface area contributed by atoms with Gasteiger partial charge in [0, 0.05) is 3.92 Å². The first kappa shape index (κ1) is 10.9. The zero-order valence-electron chi connectivity index (χ0n) is 7.72. The topological polar surface area (TPSA) is 29.5 Å². The van der Waals surface area contributed by atoms with E-state index in [0.29, 0.717) is 10.0 Å². The fourth-order valence-electron chi connectivity index (χ4n) is 1.55. The minimum Gasteiger partial charge on any atom is -0.411 e. The lowest BCUT2D eigenvalue weighted by molar-refractivity contribution is 0.126. The summed E-state index contributed by atoms with van der Waals surface area (Å²) in [6, 6.07) is 0. The molecular weight excluding hydrogens is 283 g/mol. The highest BCUT2D eigenvalue weighted by Crippen LogP contribution is 2.28. The molecule has 2 atom stereocenters. The van der Waals surface area contributed by atoms with E-state index in [0.717, 1.165) is 6.42 Å². The highest BCUT2D eigenvalue weighted by Gasteiger charge is 2.30. The van der Waals surface area contributed by atoms with Crippen LogP contribution in [0.2, 0.25) is 13.1 Å². The molecule has 1 aliphatic rings. The van der Waals surface area contributed by atoms with Crippen LogP contribution in [0.25, 0.3) is 0 Å². The van der Waals surface area contributed by atoms with E-state index in [1.807, 2.05) is 13.1 Å². The molecular formula is C8H17IO2Si. The molecule has 1 aliphatic carbocycles. The third-order valence-corrected chi connectivity index (χ3v) is 4.37. The largest absolute Gasteiger partial charge is 0.411 e. The summed E-state index contributed by atoms with van der Waals surface area (Å²) < 4.78 is 6.28. The van der Waals surface area contributed by atoms with Crippen molar-refractivity contribution in [2.45, 2.75) is 48.8 Å². The standard InChI is InChI=1S/C8H17IO2Si/c1-12(2,10)11-8-6-4-3-5-7(8)9/h7-8,10H,3-6H2,1-2H3. The van der Waals surface area contributed by atoms with Crippen molar-refractivity contribution in [2.24, 2.45) is 0 Å². The zero-order chi connectivity index (χ0) is 9.19. The van der Waals surface area contributed by atoms with Gasteiger partial charge in [0.2, 0.25) is 0 Å². The molecule has 1 N–H and O–H groups in total. The van der Waals surface area contributed by atoms with Crippen LogP contribution >= 0.6 is 22.6 Å². The number of rotatable bonds is 2. The highest BCUT2D eigenvalue weighted by molar-refractivity contribution is 14.1. The smallest absolute Gasteiger partial charge is 0.329 e. The fraction of sp³-hybridized carbons (Fsp3) is 1.00. The maximum absolute atomic E-state index is 9.60. The Morgan fingerprint density at radius 2 is 1.92 bits per heavy atom. The van der Waals surface area contributed by atoms with Crippen LogP contribution in [-0.4, -0.2) is 23.4 Å². The Kier molecular flexibility index (Phi) is 4.00. The summed E-state index contributed by atoms with van der Waals surface area (Å²) in [6.45, 7) is 3.68. The summed E-state index contributed by atoms with van der Waals surface area (Å²) in [5.41, 5.74) is 0. The lowest BCUT2D eigenvalue weighted by atomic mass is 9.98. The average molecular weight is 300 g/mol. The summed E-state index contributed by atoms with van der Waals surface area (Å²) in [7, 11) is -2.29. The van der Waals surface area contributed by atoms with Crippen LogP contribution in [0, 0.1) is 0 Å². The van der Waals surface area contributed by atoms with E-state index in [1.165, 1.54) is 19.3 Å². The molecule has 0 amide bonds. The predicted molar refractivity (Wildman–Crippen MR) is 60.8 cm³/mol. The van der Waals surface area contributed by atoms with E-state index < -0.39 is 8.56 Å². The van der Waals surface area contributed by atoms with Crippen molar-refractivity contribution in [1.29, 1.82) is 0 Å². The van der Waals surface area contributed by atoms with Gasteiger partial charge in [0.15, 0.2) is 0 Å². The van der Waals surface area contributed by atoms with E-state index in [1.54, 1.807) is 0 Å². The van der Waals surface area contributed by atoms with Crippen molar-refractivity contribution >= 4 is 31.2 Å². The van der Waals surface area contributed by atoms with Gasteiger partial charge in [-0.15, -0.1) is 0 Å². The van der Waals surface area contributed by atoms with Gasteiger partial charge in [0.1, 0.15) is 0 Å². The van der Waals surface area contributed by atoms with Crippen molar-refractivity contribution in [3.05, 3.63) is 0 Å². The van der Waals surface area contributed by atoms with Gasteiger partial charge in [-0.3, -0.25) is 0 Å². The Morgan fingerprint density at radius 1 is 1.33 bits per heavy atom. The molecule has 12 heavy (non-hydrogen) atoms. The van der Waals surface area contributed by atoms with Gasteiger partial charge in [-0.25, -0.2) is 0 Å². The Bertz CT molecular complexity index is 146. The minimum absolute atomic E-state index is 0.311. The first-order chi connectivity index (χ1) is 5.49. The highest BCUT2D eigenvalue weighted by atomic mass is 127. The Morgan fingerprint density at radius 3 is 2.42 bits per heavy atom. The maximum atomic E-state index is 9.60. The van der Waals surface area contributed by atoms with Crippen LogP contribution in [0.15, 0.2) is 0 Å². The van der Waals surface area contributed by atoms with Crippen molar-refractivity contribution < 1.29 is 9.22 Å². The second-order valence-electron chi connectivity index (χ2n) is 3.90. The number of alkyl halides is 1. The van der Waals surface area contributed by atoms with Gasteiger partial charge >= 0.3 is 8.56 Å². The average Bonchev–Trinajstić information content (AvgIpc) is 1.91. The monoisotopic (exact) mass is 300 g/mol. The predicted octanol–water partition coefficient (Wildman–Crippen LogP) is 2.44. The van der Waals surface area contributed by atoms with Gasteiger partial charge in [0.05, 0.1) is 6.10 Å². The summed E-state index contributed by atoms with van der Waals surface area (Å²) in [6.07, 6.45) is 5.27. The number of halogens is 1. The number of hydrogen-bond acceptors (Lipinski definition) is 2. The normalized spacial score (nSPS) is 32.0. The van der Waals surface area contributed by atoms with Crippen LogP contribution in [-0.2, 0) is 4.43 Å². The van der Waals surface area contributed by atoms with Crippen LogP contribution in [0.1, 0.15) is 25.7 Å². The van der Waals surface area contributed by atoms with Gasteiger partial charge in [-0.2, -0.15) is 0 Å². The Hall–Kier alpha value is 0.867. The molecule has 0 aliphatic heterocycles. The van der Waals surface area contributed by atoms with Gasteiger partial charge in [-0.1, -0.05) is 35.4 Å². The first-order valence-corrected chi connectivity index (χ1v) is 8.63. The van der Waals surface area contributed by atoms with E-state index in [4.69, 9.17) is 4.43 Å². The fourth-order valence-corrected chi connectivity index (χ4v) is 3.80. The molecule has 0 aromatic heterocycles. The molecule has 1 rings (SSSR count). The molecule has 4 heteroatoms. The van der Waals surface area contributed by atoms with Crippen molar-refractivity contribution in [2.75, 3.05) is 0 Å². The van der Waals surface area contributed by atoms with Crippen LogP contribution in [0.4, 0.5) is 0 Å². The van der Waals surface area contributed by atoms with Crippen molar-refractivity contribution in [3.63, 3.8) is 0 Å². The lowest BCUT2D eigenvalue weighted by Crippen LogP contribution is -2.40. The molecule has 2 nitrogen and oxygen atoms in total. The summed E-state index contributed by atoms with van der Waals surface area (Å²) in [5, 5.41) is 0. The molecule has 0 aromatic carbocycles. The third kappa shape index (κ3) is 3.72. The SMILES string of the molecule is C[Si](C)(O)OC1CCCCC1I. The molecule has 0 heterocycles. The summed E-state index contributed by atoms with van der Waals surface area (Å²) >= 11 is 2.44. The summed E-state index contributed by atoms with van der Waals surface area (Å²) in [4.78, 5) is 9.60. The van der Waals surface area contributed by atoms with E-state index in [-0.39, 0.29) is 0 Å². The third-order valence-electron chi connectivity index (χ3n) is 2.06. The van der Waals surface area contributed by atoms with Crippen LogP contribution in [0.3, 0.4) is 0 Å². The van der Waals surface area contributed by atoms with Crippen molar-refractivity contribution in [3.8, 4) is 0 Å². The molecule has 0 radical (unpaired) electrons. The molecule has 1 fully saturated rings. The lowest BCUT2D eigenvalue weighted by Gasteiger charge is -2.31. The van der Waals surface area contributed by atoms with E-state index >= 15 is 0 Å². The van der Waals surface area contributed by atoms with Gasteiger partial charge < -0.3 is 9.22 Å². The summed E-state index contributed by atoms with van der Waals surface area (Å²) in [5.74, 6) is 0. The van der Waals surface area contributed by atoms with Crippen LogP contribution < -0.4 is 0 Å². The Labute approximate surface area is 89.1 Å². The molecule has 2 unspecified atom stereocenters. The molecule has 0 bridgehead atoms. The maximum Gasteiger partial charge on any atom is 0.329 e. The molecule has 72 valence electrons. The molecule has 0 aromatic rings. The number of hydrogen-bond donors (Lipinski definition) is 1. The second kappa shape index (κ2) is 4.39. The minimum atomic E-state index is -2.29. The molecule has 1 saturated carbocycles. The second-order valence-corrected chi connectivity index (χ2v) is 8.63. The quantitative estimate of drug-likeness (QED) is 0.482. The van der Waals surface area contributed by atoms with Crippen molar-refractivity contribution in [1.82, 2.24) is 0 Å².